The molecule has 1 atom stereocenters. The molecule has 1 fully saturated rings. The van der Waals surface area contributed by atoms with Crippen molar-refractivity contribution in [3.63, 3.8) is 0 Å². The lowest BCUT2D eigenvalue weighted by Crippen LogP contribution is -2.20. The van der Waals surface area contributed by atoms with Gasteiger partial charge in [-0.2, -0.15) is 10.1 Å². The van der Waals surface area contributed by atoms with Gasteiger partial charge in [-0.15, -0.1) is 5.10 Å². The van der Waals surface area contributed by atoms with Gasteiger partial charge in [0.2, 0.25) is 5.95 Å². The average molecular weight is 325 g/mol. The van der Waals surface area contributed by atoms with Crippen molar-refractivity contribution in [2.75, 3.05) is 23.8 Å². The molecule has 0 bridgehead atoms. The molecule has 1 aromatic carbocycles. The molecule has 0 radical (unpaired) electrons. The summed E-state index contributed by atoms with van der Waals surface area (Å²) in [6.07, 6.45) is 3.32. The van der Waals surface area contributed by atoms with Gasteiger partial charge in [0.15, 0.2) is 23.3 Å². The number of nitrogens with one attached hydrogen (secondary N) is 2. The Bertz CT molecular complexity index is 694. The van der Waals surface area contributed by atoms with Crippen molar-refractivity contribution < 1.29 is 17.9 Å². The molecule has 3 rings (SSSR count). The SMILES string of the molecule is Fc1ccc(Nc2cnnc(NCC3CCCO3)n2)c(F)c1F. The molecule has 1 saturated heterocycles. The van der Waals surface area contributed by atoms with Crippen molar-refractivity contribution in [3.05, 3.63) is 35.8 Å². The van der Waals surface area contributed by atoms with Gasteiger partial charge < -0.3 is 15.4 Å². The van der Waals surface area contributed by atoms with Gasteiger partial charge in [0.05, 0.1) is 18.0 Å². The number of aromatic nitrogens is 3. The Balaban J connectivity index is 1.68. The topological polar surface area (TPSA) is 72.0 Å². The smallest absolute Gasteiger partial charge is 0.244 e. The first kappa shape index (κ1) is 15.5. The Kier molecular flexibility index (Phi) is 4.56. The van der Waals surface area contributed by atoms with Crippen LogP contribution in [-0.2, 0) is 4.74 Å². The van der Waals surface area contributed by atoms with Crippen LogP contribution in [-0.4, -0.2) is 34.4 Å². The number of benzene rings is 1. The molecular formula is C14H14F3N5O. The lowest BCUT2D eigenvalue weighted by atomic mass is 10.2. The van der Waals surface area contributed by atoms with Crippen LogP contribution in [0.4, 0.5) is 30.6 Å². The summed E-state index contributed by atoms with van der Waals surface area (Å²) < 4.78 is 45.2. The first-order chi connectivity index (χ1) is 11.1. The first-order valence-corrected chi connectivity index (χ1v) is 7.09. The molecule has 1 aromatic heterocycles. The van der Waals surface area contributed by atoms with E-state index in [0.717, 1.165) is 31.6 Å². The zero-order valence-corrected chi connectivity index (χ0v) is 12.0. The van der Waals surface area contributed by atoms with Crippen LogP contribution in [0.15, 0.2) is 18.3 Å². The van der Waals surface area contributed by atoms with Crippen LogP contribution in [0, 0.1) is 17.5 Å². The summed E-state index contributed by atoms with van der Waals surface area (Å²) in [5.41, 5.74) is -0.241. The summed E-state index contributed by atoms with van der Waals surface area (Å²) in [6, 6.07) is 1.90. The van der Waals surface area contributed by atoms with Gasteiger partial charge in [0.1, 0.15) is 0 Å². The minimum absolute atomic E-state index is 0.0962. The first-order valence-electron chi connectivity index (χ1n) is 7.09. The number of ether oxygens (including phenoxy) is 1. The maximum atomic E-state index is 13.6. The van der Waals surface area contributed by atoms with Crippen LogP contribution >= 0.6 is 0 Å². The Morgan fingerprint density at radius 3 is 2.87 bits per heavy atom. The van der Waals surface area contributed by atoms with Crippen LogP contribution in [0.25, 0.3) is 0 Å². The third kappa shape index (κ3) is 3.67. The third-order valence-corrected chi connectivity index (χ3v) is 3.37. The molecular weight excluding hydrogens is 311 g/mol. The van der Waals surface area contributed by atoms with E-state index in [1.165, 1.54) is 6.20 Å². The second-order valence-corrected chi connectivity index (χ2v) is 5.03. The van der Waals surface area contributed by atoms with Crippen molar-refractivity contribution in [1.29, 1.82) is 0 Å². The Labute approximate surface area is 130 Å². The van der Waals surface area contributed by atoms with E-state index in [1.807, 2.05) is 0 Å². The summed E-state index contributed by atoms with van der Waals surface area (Å²) in [4.78, 5) is 4.09. The molecule has 0 amide bonds. The normalized spacial score (nSPS) is 17.3. The standard InChI is InChI=1S/C14H14F3N5O/c15-9-3-4-10(13(17)12(9)16)20-11-7-19-22-14(21-11)18-6-8-2-1-5-23-8/h3-4,7-8H,1-2,5-6H2,(H2,18,20,21,22). The number of nitrogens with zero attached hydrogens (tertiary/aromatic N) is 3. The van der Waals surface area contributed by atoms with E-state index in [1.54, 1.807) is 0 Å². The van der Waals surface area contributed by atoms with E-state index < -0.39 is 17.5 Å². The number of halogens is 3. The minimum atomic E-state index is -1.55. The fourth-order valence-corrected chi connectivity index (χ4v) is 2.21. The fraction of sp³-hybridized carbons (Fsp3) is 0.357. The van der Waals surface area contributed by atoms with E-state index in [4.69, 9.17) is 4.74 Å². The Morgan fingerprint density at radius 1 is 1.22 bits per heavy atom. The highest BCUT2D eigenvalue weighted by Gasteiger charge is 2.16. The molecule has 1 unspecified atom stereocenters. The van der Waals surface area contributed by atoms with Gasteiger partial charge in [-0.05, 0) is 25.0 Å². The summed E-state index contributed by atoms with van der Waals surface area (Å²) in [5.74, 6) is -3.74. The molecule has 1 aliphatic heterocycles. The maximum absolute atomic E-state index is 13.6. The number of rotatable bonds is 5. The van der Waals surface area contributed by atoms with Crippen LogP contribution in [0.5, 0.6) is 0 Å². The molecule has 122 valence electrons. The maximum Gasteiger partial charge on any atom is 0.244 e. The third-order valence-electron chi connectivity index (χ3n) is 3.37. The van der Waals surface area contributed by atoms with Crippen molar-refractivity contribution in [2.45, 2.75) is 18.9 Å². The largest absolute Gasteiger partial charge is 0.376 e. The van der Waals surface area contributed by atoms with Crippen molar-refractivity contribution in [1.82, 2.24) is 15.2 Å². The quantitative estimate of drug-likeness (QED) is 0.824. The van der Waals surface area contributed by atoms with Crippen LogP contribution < -0.4 is 10.6 Å². The van der Waals surface area contributed by atoms with E-state index >= 15 is 0 Å². The van der Waals surface area contributed by atoms with E-state index in [-0.39, 0.29) is 23.6 Å². The van der Waals surface area contributed by atoms with Gasteiger partial charge in [-0.25, -0.2) is 13.2 Å². The zero-order chi connectivity index (χ0) is 16.2. The number of hydrogen-bond acceptors (Lipinski definition) is 6. The number of anilines is 3. The van der Waals surface area contributed by atoms with Crippen molar-refractivity contribution in [3.8, 4) is 0 Å². The Morgan fingerprint density at radius 2 is 2.09 bits per heavy atom. The highest BCUT2D eigenvalue weighted by molar-refractivity contribution is 5.57. The lowest BCUT2D eigenvalue weighted by molar-refractivity contribution is 0.120. The van der Waals surface area contributed by atoms with E-state index in [0.29, 0.717) is 6.54 Å². The molecule has 0 spiro atoms. The molecule has 9 heteroatoms. The van der Waals surface area contributed by atoms with Crippen LogP contribution in [0.3, 0.4) is 0 Å². The van der Waals surface area contributed by atoms with Gasteiger partial charge in [-0.1, -0.05) is 0 Å². The molecule has 0 aliphatic carbocycles. The molecule has 0 saturated carbocycles. The molecule has 1 aliphatic rings. The fourth-order valence-electron chi connectivity index (χ4n) is 2.21. The predicted octanol–water partition coefficient (Wildman–Crippen LogP) is 2.62. The summed E-state index contributed by atoms with van der Waals surface area (Å²) in [5, 5.41) is 13.0. The van der Waals surface area contributed by atoms with Crippen LogP contribution in [0.1, 0.15) is 12.8 Å². The van der Waals surface area contributed by atoms with Gasteiger partial charge in [0.25, 0.3) is 0 Å². The van der Waals surface area contributed by atoms with Gasteiger partial charge in [-0.3, -0.25) is 0 Å². The Hall–Kier alpha value is -2.42. The zero-order valence-electron chi connectivity index (χ0n) is 12.0. The minimum Gasteiger partial charge on any atom is -0.376 e. The van der Waals surface area contributed by atoms with Gasteiger partial charge in [0, 0.05) is 13.2 Å². The van der Waals surface area contributed by atoms with E-state index in [9.17, 15) is 13.2 Å². The number of hydrogen-bond donors (Lipinski definition) is 2. The summed E-state index contributed by atoms with van der Waals surface area (Å²) in [7, 11) is 0. The second-order valence-electron chi connectivity index (χ2n) is 5.03. The van der Waals surface area contributed by atoms with Gasteiger partial charge >= 0.3 is 0 Å². The average Bonchev–Trinajstić information content (AvgIpc) is 3.07. The summed E-state index contributed by atoms with van der Waals surface area (Å²) in [6.45, 7) is 1.27. The van der Waals surface area contributed by atoms with Crippen molar-refractivity contribution in [2.24, 2.45) is 0 Å². The second kappa shape index (κ2) is 6.78. The lowest BCUT2D eigenvalue weighted by Gasteiger charge is -2.11. The summed E-state index contributed by atoms with van der Waals surface area (Å²) >= 11 is 0. The van der Waals surface area contributed by atoms with Crippen molar-refractivity contribution >= 4 is 17.5 Å². The molecule has 2 heterocycles. The van der Waals surface area contributed by atoms with E-state index in [2.05, 4.69) is 25.8 Å². The highest BCUT2D eigenvalue weighted by atomic mass is 19.2. The predicted molar refractivity (Wildman–Crippen MR) is 76.9 cm³/mol. The molecule has 23 heavy (non-hydrogen) atoms. The molecule has 2 N–H and O–H groups in total. The molecule has 2 aromatic rings. The monoisotopic (exact) mass is 325 g/mol. The van der Waals surface area contributed by atoms with Crippen LogP contribution in [0.2, 0.25) is 0 Å². The molecule has 6 nitrogen and oxygen atoms in total. The highest BCUT2D eigenvalue weighted by Crippen LogP contribution is 2.22.